The minimum Gasteiger partial charge on any atom is -0.493 e. The average molecular weight is 651 g/mol. The van der Waals surface area contributed by atoms with Crippen molar-refractivity contribution in [2.24, 2.45) is 5.92 Å². The zero-order chi connectivity index (χ0) is 31.9. The molecule has 0 aliphatic carbocycles. The normalized spacial score (nSPS) is 12.0. The number of rotatable bonds is 13. The number of anilines is 1. The van der Waals surface area contributed by atoms with Crippen LogP contribution >= 0.6 is 23.2 Å². The maximum absolute atomic E-state index is 14.1. The molecule has 9 nitrogen and oxygen atoms in total. The number of hydrogen-bond acceptors (Lipinski definition) is 6. The fourth-order valence-corrected chi connectivity index (χ4v) is 6.09. The molecule has 232 valence electrons. The number of benzene rings is 3. The van der Waals surface area contributed by atoms with Crippen molar-refractivity contribution < 1.29 is 27.5 Å². The number of hydrogen-bond donors (Lipinski definition) is 1. The molecular weight excluding hydrogens is 613 g/mol. The lowest BCUT2D eigenvalue weighted by Gasteiger charge is -2.32. The molecule has 0 saturated heterocycles. The number of carbonyl (C=O) groups excluding carboxylic acids is 2. The van der Waals surface area contributed by atoms with Crippen LogP contribution in [0.4, 0.5) is 5.69 Å². The average Bonchev–Trinajstić information content (AvgIpc) is 2.97. The molecular formula is C31H37Cl2N3O6S. The van der Waals surface area contributed by atoms with E-state index in [9.17, 15) is 18.0 Å². The first kappa shape index (κ1) is 34.0. The van der Waals surface area contributed by atoms with Crippen LogP contribution in [-0.4, -0.2) is 58.5 Å². The van der Waals surface area contributed by atoms with Crippen molar-refractivity contribution in [3.05, 3.63) is 81.8 Å². The summed E-state index contributed by atoms with van der Waals surface area (Å²) < 4.78 is 39.8. The molecule has 0 spiro atoms. The van der Waals surface area contributed by atoms with Crippen LogP contribution in [0.25, 0.3) is 0 Å². The highest BCUT2D eigenvalue weighted by Crippen LogP contribution is 2.34. The summed E-state index contributed by atoms with van der Waals surface area (Å²) in [5.41, 5.74) is 1.59. The molecule has 0 radical (unpaired) electrons. The van der Waals surface area contributed by atoms with E-state index in [1.165, 1.54) is 43.4 Å². The van der Waals surface area contributed by atoms with Gasteiger partial charge in [0.15, 0.2) is 11.5 Å². The van der Waals surface area contributed by atoms with Gasteiger partial charge >= 0.3 is 0 Å². The van der Waals surface area contributed by atoms with E-state index in [1.807, 2.05) is 20.8 Å². The molecule has 0 saturated carbocycles. The number of methoxy groups -OCH3 is 2. The van der Waals surface area contributed by atoms with E-state index in [4.69, 9.17) is 32.7 Å². The molecule has 12 heteroatoms. The Morgan fingerprint density at radius 2 is 1.56 bits per heavy atom. The molecule has 1 unspecified atom stereocenters. The number of aryl methyl sites for hydroxylation is 1. The van der Waals surface area contributed by atoms with Gasteiger partial charge in [0.05, 0.1) is 24.8 Å². The number of halogens is 2. The predicted octanol–water partition coefficient (Wildman–Crippen LogP) is 5.70. The Kier molecular flexibility index (Phi) is 11.7. The molecule has 2 amide bonds. The first-order valence-corrected chi connectivity index (χ1v) is 15.8. The number of carbonyl (C=O) groups is 2. The third kappa shape index (κ3) is 8.55. The van der Waals surface area contributed by atoms with Gasteiger partial charge in [-0.2, -0.15) is 0 Å². The Morgan fingerprint density at radius 1 is 0.907 bits per heavy atom. The molecule has 1 N–H and O–H groups in total. The topological polar surface area (TPSA) is 105 Å². The monoisotopic (exact) mass is 649 g/mol. The van der Waals surface area contributed by atoms with E-state index >= 15 is 0 Å². The fourth-order valence-electron chi connectivity index (χ4n) is 4.21. The molecule has 0 aliphatic rings. The first-order chi connectivity index (χ1) is 20.3. The van der Waals surface area contributed by atoms with Gasteiger partial charge in [-0.15, -0.1) is 0 Å². The van der Waals surface area contributed by atoms with Crippen LogP contribution in [0.2, 0.25) is 10.0 Å². The molecule has 0 bridgehead atoms. The maximum Gasteiger partial charge on any atom is 0.264 e. The van der Waals surface area contributed by atoms with Gasteiger partial charge in [0.1, 0.15) is 12.6 Å². The molecule has 43 heavy (non-hydrogen) atoms. The number of nitrogens with one attached hydrogen (secondary N) is 1. The highest BCUT2D eigenvalue weighted by Gasteiger charge is 2.33. The van der Waals surface area contributed by atoms with Crippen molar-refractivity contribution in [2.45, 2.75) is 45.2 Å². The number of nitrogens with zero attached hydrogens (tertiary/aromatic N) is 2. The van der Waals surface area contributed by atoms with Crippen molar-refractivity contribution in [2.75, 3.05) is 31.6 Å². The van der Waals surface area contributed by atoms with E-state index in [-0.39, 0.29) is 34.7 Å². The lowest BCUT2D eigenvalue weighted by atomic mass is 10.1. The van der Waals surface area contributed by atoms with Gasteiger partial charge in [-0.1, -0.05) is 60.8 Å². The van der Waals surface area contributed by atoms with Gasteiger partial charge < -0.3 is 19.7 Å². The summed E-state index contributed by atoms with van der Waals surface area (Å²) in [7, 11) is -1.36. The second-order valence-corrected chi connectivity index (χ2v) is 13.1. The zero-order valence-electron chi connectivity index (χ0n) is 25.1. The van der Waals surface area contributed by atoms with Crippen LogP contribution in [0.1, 0.15) is 31.9 Å². The number of amides is 2. The van der Waals surface area contributed by atoms with Crippen molar-refractivity contribution in [1.82, 2.24) is 10.2 Å². The van der Waals surface area contributed by atoms with Gasteiger partial charge in [-0.3, -0.25) is 13.9 Å². The Morgan fingerprint density at radius 3 is 2.14 bits per heavy atom. The standard InChI is InChI=1S/C31H37Cl2N3O6S/c1-20(2)17-34-31(38)22(4)35(18-23-9-10-24(32)15-27(23)33)30(37)19-36(25-11-14-28(41-5)29(16-25)42-6)43(39,40)26-12-7-21(3)8-13-26/h7-16,20,22H,17-19H2,1-6H3,(H,34,38). The molecule has 3 rings (SSSR count). The summed E-state index contributed by atoms with van der Waals surface area (Å²) in [6.07, 6.45) is 0. The second kappa shape index (κ2) is 14.8. The summed E-state index contributed by atoms with van der Waals surface area (Å²) in [6, 6.07) is 14.8. The van der Waals surface area contributed by atoms with Crippen LogP contribution in [0, 0.1) is 12.8 Å². The third-order valence-corrected chi connectivity index (χ3v) is 9.13. The zero-order valence-corrected chi connectivity index (χ0v) is 27.4. The van der Waals surface area contributed by atoms with Crippen molar-refractivity contribution in [3.8, 4) is 11.5 Å². The van der Waals surface area contributed by atoms with Gasteiger partial charge in [0, 0.05) is 29.2 Å². The van der Waals surface area contributed by atoms with Crippen molar-refractivity contribution in [3.63, 3.8) is 0 Å². The van der Waals surface area contributed by atoms with E-state index in [2.05, 4.69) is 5.32 Å². The molecule has 3 aromatic rings. The Labute approximate surface area is 263 Å². The Bertz CT molecular complexity index is 1550. The van der Waals surface area contributed by atoms with Crippen LogP contribution in [-0.2, 0) is 26.2 Å². The van der Waals surface area contributed by atoms with Crippen LogP contribution < -0.4 is 19.1 Å². The highest BCUT2D eigenvalue weighted by atomic mass is 35.5. The van der Waals surface area contributed by atoms with Crippen LogP contribution in [0.15, 0.2) is 65.6 Å². The number of ether oxygens (including phenoxy) is 2. The van der Waals surface area contributed by atoms with Gasteiger partial charge in [-0.25, -0.2) is 8.42 Å². The quantitative estimate of drug-likeness (QED) is 0.255. The summed E-state index contributed by atoms with van der Waals surface area (Å²) >= 11 is 12.5. The maximum atomic E-state index is 14.1. The third-order valence-electron chi connectivity index (χ3n) is 6.75. The largest absolute Gasteiger partial charge is 0.493 e. The summed E-state index contributed by atoms with van der Waals surface area (Å²) in [4.78, 5) is 28.6. The number of sulfonamides is 1. The van der Waals surface area contributed by atoms with Crippen LogP contribution in [0.5, 0.6) is 11.5 Å². The van der Waals surface area contributed by atoms with Crippen molar-refractivity contribution >= 4 is 50.7 Å². The van der Waals surface area contributed by atoms with E-state index in [0.717, 1.165) is 9.87 Å². The van der Waals surface area contributed by atoms with E-state index in [0.29, 0.717) is 27.9 Å². The molecule has 0 aromatic heterocycles. The molecule has 0 aliphatic heterocycles. The summed E-state index contributed by atoms with van der Waals surface area (Å²) in [5, 5.41) is 3.58. The van der Waals surface area contributed by atoms with Gasteiger partial charge in [0.25, 0.3) is 10.0 Å². The minimum absolute atomic E-state index is 0.00398. The van der Waals surface area contributed by atoms with Gasteiger partial charge in [0.2, 0.25) is 11.8 Å². The van der Waals surface area contributed by atoms with Gasteiger partial charge in [-0.05, 0) is 61.7 Å². The summed E-state index contributed by atoms with van der Waals surface area (Å²) in [6.45, 7) is 7.08. The highest BCUT2D eigenvalue weighted by molar-refractivity contribution is 7.92. The second-order valence-electron chi connectivity index (χ2n) is 10.4. The summed E-state index contributed by atoms with van der Waals surface area (Å²) in [5.74, 6) is -0.149. The molecule has 0 heterocycles. The SMILES string of the molecule is COc1ccc(N(CC(=O)N(Cc2ccc(Cl)cc2Cl)C(C)C(=O)NCC(C)C)S(=O)(=O)c2ccc(C)cc2)cc1OC. The Balaban J connectivity index is 2.09. The molecule has 1 atom stereocenters. The minimum atomic E-state index is -4.25. The first-order valence-electron chi connectivity index (χ1n) is 13.6. The molecule has 3 aromatic carbocycles. The van der Waals surface area contributed by atoms with Crippen molar-refractivity contribution in [1.29, 1.82) is 0 Å². The smallest absolute Gasteiger partial charge is 0.264 e. The molecule has 0 fully saturated rings. The van der Waals surface area contributed by atoms with Crippen LogP contribution in [0.3, 0.4) is 0 Å². The Hall–Kier alpha value is -3.47. The van der Waals surface area contributed by atoms with E-state index in [1.54, 1.807) is 43.3 Å². The lowest BCUT2D eigenvalue weighted by molar-refractivity contribution is -0.139. The fraction of sp³-hybridized carbons (Fsp3) is 0.355. The van der Waals surface area contributed by atoms with E-state index < -0.39 is 28.5 Å². The predicted molar refractivity (Wildman–Crippen MR) is 170 cm³/mol. The lowest BCUT2D eigenvalue weighted by Crippen LogP contribution is -2.51.